The summed E-state index contributed by atoms with van der Waals surface area (Å²) in [6.07, 6.45) is 5.77. The Balaban J connectivity index is 3.39. The Kier molecular flexibility index (Phi) is 14.2. The minimum absolute atomic E-state index is 0.136. The molecule has 0 aromatic heterocycles. The van der Waals surface area contributed by atoms with Gasteiger partial charge in [0.2, 0.25) is 11.8 Å². The topological polar surface area (TPSA) is 87.7 Å². The summed E-state index contributed by atoms with van der Waals surface area (Å²) < 4.78 is 5.46. The first-order valence-corrected chi connectivity index (χ1v) is 13.7. The van der Waals surface area contributed by atoms with Gasteiger partial charge < -0.3 is 20.3 Å². The third kappa shape index (κ3) is 11.0. The van der Waals surface area contributed by atoms with Gasteiger partial charge in [-0.3, -0.25) is 9.59 Å². The zero-order valence-electron chi connectivity index (χ0n) is 23.6. The molecule has 0 radical (unpaired) electrons. The predicted octanol–water partition coefficient (Wildman–Crippen LogP) is 5.99. The molecule has 7 nitrogen and oxygen atoms in total. The fourth-order valence-electron chi connectivity index (χ4n) is 3.96. The highest BCUT2D eigenvalue weighted by molar-refractivity contribution is 5.92. The average Bonchev–Trinajstić information content (AvgIpc) is 2.83. The number of unbranched alkanes of at least 4 members (excludes halogenated alkanes) is 4. The van der Waals surface area contributed by atoms with Crippen LogP contribution in [-0.2, 0) is 14.3 Å². The molecule has 1 rings (SSSR count). The Morgan fingerprint density at radius 2 is 1.58 bits per heavy atom. The van der Waals surface area contributed by atoms with E-state index in [1.807, 2.05) is 44.2 Å². The predicted molar refractivity (Wildman–Crippen MR) is 146 cm³/mol. The van der Waals surface area contributed by atoms with Gasteiger partial charge in [0.15, 0.2) is 0 Å². The second-order valence-electron chi connectivity index (χ2n) is 10.6. The van der Waals surface area contributed by atoms with E-state index in [0.717, 1.165) is 44.1 Å². The molecule has 3 amide bonds. The number of rotatable bonds is 15. The minimum atomic E-state index is -0.800. The Hall–Kier alpha value is -2.57. The molecule has 0 spiro atoms. The second-order valence-corrected chi connectivity index (χ2v) is 10.6. The van der Waals surface area contributed by atoms with E-state index in [2.05, 4.69) is 24.5 Å². The largest absolute Gasteiger partial charge is 0.444 e. The van der Waals surface area contributed by atoms with E-state index in [-0.39, 0.29) is 17.7 Å². The smallest absolute Gasteiger partial charge is 0.408 e. The van der Waals surface area contributed by atoms with E-state index in [0.29, 0.717) is 19.5 Å². The van der Waals surface area contributed by atoms with Gasteiger partial charge in [-0.25, -0.2) is 4.79 Å². The van der Waals surface area contributed by atoms with Crippen LogP contribution in [0, 0.1) is 5.92 Å². The molecule has 1 aromatic carbocycles. The third-order valence-electron chi connectivity index (χ3n) is 6.19. The number of nitrogens with one attached hydrogen (secondary N) is 2. The minimum Gasteiger partial charge on any atom is -0.444 e. The van der Waals surface area contributed by atoms with Crippen molar-refractivity contribution in [3.63, 3.8) is 0 Å². The van der Waals surface area contributed by atoms with E-state index in [1.54, 1.807) is 25.7 Å². The van der Waals surface area contributed by atoms with Crippen molar-refractivity contribution in [3.8, 4) is 0 Å². The fraction of sp³-hybridized carbons (Fsp3) is 0.690. The molecule has 204 valence electrons. The Morgan fingerprint density at radius 1 is 0.944 bits per heavy atom. The van der Waals surface area contributed by atoms with Crippen molar-refractivity contribution in [2.24, 2.45) is 5.92 Å². The molecular formula is C29H49N3O4. The molecule has 0 aliphatic heterocycles. The van der Waals surface area contributed by atoms with Gasteiger partial charge >= 0.3 is 6.09 Å². The maximum Gasteiger partial charge on any atom is 0.408 e. The lowest BCUT2D eigenvalue weighted by Gasteiger charge is -2.36. The Labute approximate surface area is 218 Å². The number of ether oxygens (including phenoxy) is 1. The first-order chi connectivity index (χ1) is 17.1. The van der Waals surface area contributed by atoms with Crippen molar-refractivity contribution in [1.29, 1.82) is 0 Å². The van der Waals surface area contributed by atoms with Crippen LogP contribution in [-0.4, -0.2) is 47.5 Å². The van der Waals surface area contributed by atoms with Gasteiger partial charge in [-0.2, -0.15) is 0 Å². The van der Waals surface area contributed by atoms with Gasteiger partial charge in [-0.15, -0.1) is 0 Å². The lowest BCUT2D eigenvalue weighted by atomic mass is 9.95. The molecule has 0 fully saturated rings. The van der Waals surface area contributed by atoms with Gasteiger partial charge in [-0.05, 0) is 45.1 Å². The molecule has 0 aliphatic carbocycles. The highest BCUT2D eigenvalue weighted by Gasteiger charge is 2.37. The summed E-state index contributed by atoms with van der Waals surface area (Å²) in [5.74, 6) is -0.590. The van der Waals surface area contributed by atoms with Crippen molar-refractivity contribution < 1.29 is 19.1 Å². The third-order valence-corrected chi connectivity index (χ3v) is 6.19. The number of nitrogens with zero attached hydrogens (tertiary/aromatic N) is 1. The normalized spacial score (nSPS) is 13.9. The van der Waals surface area contributed by atoms with Gasteiger partial charge in [0, 0.05) is 13.1 Å². The Morgan fingerprint density at radius 3 is 2.14 bits per heavy atom. The molecule has 2 N–H and O–H groups in total. The monoisotopic (exact) mass is 503 g/mol. The van der Waals surface area contributed by atoms with E-state index < -0.39 is 23.8 Å². The first kappa shape index (κ1) is 31.5. The molecule has 1 aromatic rings. The van der Waals surface area contributed by atoms with Crippen LogP contribution in [0.4, 0.5) is 4.79 Å². The SMILES string of the molecule is CCCCCCN(C(=O)C(NC(=O)OC(C)(C)C)C(C)CC)C(C(=O)NCCCC)c1ccccc1. The number of alkyl carbamates (subject to hydrolysis) is 1. The van der Waals surface area contributed by atoms with Crippen molar-refractivity contribution >= 4 is 17.9 Å². The highest BCUT2D eigenvalue weighted by atomic mass is 16.6. The summed E-state index contributed by atoms with van der Waals surface area (Å²) in [4.78, 5) is 42.0. The van der Waals surface area contributed by atoms with E-state index in [9.17, 15) is 14.4 Å². The number of hydrogen-bond donors (Lipinski definition) is 2. The quantitative estimate of drug-likeness (QED) is 0.288. The summed E-state index contributed by atoms with van der Waals surface area (Å²) in [5.41, 5.74) is 0.0779. The van der Waals surface area contributed by atoms with Crippen LogP contribution < -0.4 is 10.6 Å². The maximum absolute atomic E-state index is 14.1. The molecule has 0 heterocycles. The summed E-state index contributed by atoms with van der Waals surface area (Å²) in [6.45, 7) is 14.5. The van der Waals surface area contributed by atoms with Crippen LogP contribution in [0.1, 0.15) is 105 Å². The van der Waals surface area contributed by atoms with Crippen LogP contribution >= 0.6 is 0 Å². The number of carbonyl (C=O) groups is 3. The summed E-state index contributed by atoms with van der Waals surface area (Å²) in [7, 11) is 0. The maximum atomic E-state index is 14.1. The Bertz CT molecular complexity index is 791. The molecule has 3 atom stereocenters. The van der Waals surface area contributed by atoms with E-state index in [4.69, 9.17) is 4.74 Å². The molecule has 3 unspecified atom stereocenters. The first-order valence-electron chi connectivity index (χ1n) is 13.7. The van der Waals surface area contributed by atoms with Gasteiger partial charge in [0.05, 0.1) is 0 Å². The van der Waals surface area contributed by atoms with Gasteiger partial charge in [0.1, 0.15) is 17.7 Å². The summed E-state index contributed by atoms with van der Waals surface area (Å²) in [6, 6.07) is 7.86. The van der Waals surface area contributed by atoms with Crippen molar-refractivity contribution in [2.75, 3.05) is 13.1 Å². The molecule has 36 heavy (non-hydrogen) atoms. The summed E-state index contributed by atoms with van der Waals surface area (Å²) >= 11 is 0. The van der Waals surface area contributed by atoms with Crippen LogP contribution in [0.2, 0.25) is 0 Å². The lowest BCUT2D eigenvalue weighted by molar-refractivity contribution is -0.143. The second kappa shape index (κ2) is 16.2. The molecule has 0 bridgehead atoms. The van der Waals surface area contributed by atoms with Crippen LogP contribution in [0.3, 0.4) is 0 Å². The molecule has 7 heteroatoms. The highest BCUT2D eigenvalue weighted by Crippen LogP contribution is 2.25. The number of amides is 3. The molecule has 0 saturated heterocycles. The number of benzene rings is 1. The van der Waals surface area contributed by atoms with E-state index >= 15 is 0 Å². The summed E-state index contributed by atoms with van der Waals surface area (Å²) in [5, 5.41) is 5.85. The lowest BCUT2D eigenvalue weighted by Crippen LogP contribution is -2.55. The van der Waals surface area contributed by atoms with Gasteiger partial charge in [0.25, 0.3) is 0 Å². The average molecular weight is 504 g/mol. The van der Waals surface area contributed by atoms with E-state index in [1.165, 1.54) is 0 Å². The fourth-order valence-corrected chi connectivity index (χ4v) is 3.96. The molecule has 0 saturated carbocycles. The number of carbonyl (C=O) groups excluding carboxylic acids is 3. The standard InChI is InChI=1S/C29H49N3O4/c1-8-11-13-17-21-32(25(23-18-15-14-16-19-23)26(33)30-20-12-9-2)27(34)24(22(4)10-3)31-28(35)36-29(5,6)7/h14-16,18-19,22,24-25H,8-13,17,20-21H2,1-7H3,(H,30,33)(H,31,35). The van der Waals surface area contributed by atoms with Crippen molar-refractivity contribution in [1.82, 2.24) is 15.5 Å². The van der Waals surface area contributed by atoms with Crippen LogP contribution in [0.5, 0.6) is 0 Å². The van der Waals surface area contributed by atoms with Crippen molar-refractivity contribution in [2.45, 2.75) is 111 Å². The molecule has 0 aliphatic rings. The van der Waals surface area contributed by atoms with Gasteiger partial charge in [-0.1, -0.05) is 90.1 Å². The van der Waals surface area contributed by atoms with Crippen LogP contribution in [0.25, 0.3) is 0 Å². The van der Waals surface area contributed by atoms with Crippen LogP contribution in [0.15, 0.2) is 30.3 Å². The zero-order valence-corrected chi connectivity index (χ0v) is 23.6. The molecular weight excluding hydrogens is 454 g/mol. The number of hydrogen-bond acceptors (Lipinski definition) is 4. The zero-order chi connectivity index (χ0) is 27.1. The van der Waals surface area contributed by atoms with Crippen molar-refractivity contribution in [3.05, 3.63) is 35.9 Å².